The van der Waals surface area contributed by atoms with Gasteiger partial charge in [-0.3, -0.25) is 4.79 Å². The predicted octanol–water partition coefficient (Wildman–Crippen LogP) is 3.28. The lowest BCUT2D eigenvalue weighted by molar-refractivity contribution is 0.0708. The van der Waals surface area contributed by atoms with Crippen LogP contribution in [0.3, 0.4) is 0 Å². The van der Waals surface area contributed by atoms with Gasteiger partial charge in [-0.05, 0) is 29.1 Å². The van der Waals surface area contributed by atoms with Crippen LogP contribution in [0.15, 0.2) is 46.3 Å². The summed E-state index contributed by atoms with van der Waals surface area (Å²) in [6.07, 6.45) is 0.693. The molecule has 0 aliphatic carbocycles. The van der Waals surface area contributed by atoms with Gasteiger partial charge in [0.05, 0.1) is 6.54 Å². The molecule has 1 aliphatic rings. The fraction of sp³-hybridized carbons (Fsp3) is 0.250. The summed E-state index contributed by atoms with van der Waals surface area (Å²) >= 11 is 1.68. The van der Waals surface area contributed by atoms with Crippen LogP contribution in [0.1, 0.15) is 28.9 Å². The van der Waals surface area contributed by atoms with Crippen LogP contribution in [-0.4, -0.2) is 42.3 Å². The van der Waals surface area contributed by atoms with Gasteiger partial charge < -0.3 is 14.0 Å². The van der Waals surface area contributed by atoms with Crippen molar-refractivity contribution in [3.8, 4) is 22.2 Å². The lowest BCUT2D eigenvalue weighted by atomic mass is 10.1. The maximum atomic E-state index is 13.0. The number of aromatic nitrogens is 5. The molecule has 0 saturated carbocycles. The maximum absolute atomic E-state index is 13.0. The Hall–Kier alpha value is -3.33. The van der Waals surface area contributed by atoms with Crippen molar-refractivity contribution in [2.75, 3.05) is 6.54 Å². The number of rotatable bonds is 4. The van der Waals surface area contributed by atoms with Gasteiger partial charge in [-0.25, -0.2) is 0 Å². The van der Waals surface area contributed by atoms with Crippen LogP contribution in [0.25, 0.3) is 22.2 Å². The highest BCUT2D eigenvalue weighted by molar-refractivity contribution is 7.13. The van der Waals surface area contributed by atoms with Crippen LogP contribution >= 0.6 is 11.3 Å². The summed E-state index contributed by atoms with van der Waals surface area (Å²) < 4.78 is 7.23. The highest BCUT2D eigenvalue weighted by Gasteiger charge is 2.27. The van der Waals surface area contributed by atoms with Crippen molar-refractivity contribution < 1.29 is 9.32 Å². The largest absolute Gasteiger partial charge is 0.330 e. The van der Waals surface area contributed by atoms with Crippen LogP contribution in [0.2, 0.25) is 0 Å². The Morgan fingerprint density at radius 1 is 1.17 bits per heavy atom. The SMILES string of the molecule is CCc1noc(-c2nnc3n2CCN(C(=O)c2ccc(-c4cccs4)cc2)C3)n1. The summed E-state index contributed by atoms with van der Waals surface area (Å²) in [5, 5.41) is 14.4. The van der Waals surface area contributed by atoms with Gasteiger partial charge in [0.25, 0.3) is 11.8 Å². The molecular weight excluding hydrogens is 388 g/mol. The van der Waals surface area contributed by atoms with E-state index in [1.54, 1.807) is 16.2 Å². The number of benzene rings is 1. The van der Waals surface area contributed by atoms with Gasteiger partial charge in [0, 0.05) is 30.0 Å². The lowest BCUT2D eigenvalue weighted by Gasteiger charge is -2.27. The monoisotopic (exact) mass is 406 g/mol. The van der Waals surface area contributed by atoms with Crippen LogP contribution in [0.4, 0.5) is 0 Å². The minimum Gasteiger partial charge on any atom is -0.330 e. The molecule has 0 unspecified atom stereocenters. The van der Waals surface area contributed by atoms with Gasteiger partial charge >= 0.3 is 0 Å². The number of aryl methyl sites for hydroxylation is 1. The zero-order valence-electron chi connectivity index (χ0n) is 15.8. The zero-order chi connectivity index (χ0) is 19.8. The molecule has 8 nitrogen and oxygen atoms in total. The Bertz CT molecular complexity index is 1150. The smallest absolute Gasteiger partial charge is 0.295 e. The van der Waals surface area contributed by atoms with Crippen LogP contribution < -0.4 is 0 Å². The summed E-state index contributed by atoms with van der Waals surface area (Å²) in [5.74, 6) is 2.26. The summed E-state index contributed by atoms with van der Waals surface area (Å²) in [6, 6.07) is 11.8. The molecule has 146 valence electrons. The van der Waals surface area contributed by atoms with Crippen molar-refractivity contribution in [1.29, 1.82) is 0 Å². The highest BCUT2D eigenvalue weighted by atomic mass is 32.1. The molecule has 9 heteroatoms. The lowest BCUT2D eigenvalue weighted by Crippen LogP contribution is -2.38. The summed E-state index contributed by atoms with van der Waals surface area (Å²) in [7, 11) is 0. The van der Waals surface area contributed by atoms with Crippen molar-refractivity contribution in [3.63, 3.8) is 0 Å². The van der Waals surface area contributed by atoms with Gasteiger partial charge in [0.2, 0.25) is 5.82 Å². The molecule has 4 heterocycles. The van der Waals surface area contributed by atoms with Crippen molar-refractivity contribution in [2.24, 2.45) is 0 Å². The third kappa shape index (κ3) is 3.23. The average Bonchev–Trinajstić information content (AvgIpc) is 3.53. The fourth-order valence-electron chi connectivity index (χ4n) is 3.38. The van der Waals surface area contributed by atoms with Gasteiger partial charge in [0.15, 0.2) is 11.6 Å². The van der Waals surface area contributed by atoms with E-state index in [4.69, 9.17) is 4.52 Å². The minimum absolute atomic E-state index is 0.00964. The van der Waals surface area contributed by atoms with Crippen molar-refractivity contribution in [2.45, 2.75) is 26.4 Å². The zero-order valence-corrected chi connectivity index (χ0v) is 16.6. The first kappa shape index (κ1) is 17.7. The average molecular weight is 406 g/mol. The van der Waals surface area contributed by atoms with Gasteiger partial charge in [-0.1, -0.05) is 30.3 Å². The molecule has 1 amide bonds. The Labute approximate surface area is 170 Å². The first-order chi connectivity index (χ1) is 14.2. The number of hydrogen-bond donors (Lipinski definition) is 0. The fourth-order valence-corrected chi connectivity index (χ4v) is 4.11. The number of amides is 1. The molecule has 3 aromatic heterocycles. The molecule has 4 aromatic rings. The van der Waals surface area contributed by atoms with Gasteiger partial charge in [-0.15, -0.1) is 21.5 Å². The van der Waals surface area contributed by atoms with Crippen molar-refractivity contribution in [1.82, 2.24) is 29.8 Å². The Kier molecular flexibility index (Phi) is 4.44. The first-order valence-corrected chi connectivity index (χ1v) is 10.3. The van der Waals surface area contributed by atoms with Crippen molar-refractivity contribution >= 4 is 17.2 Å². The number of carbonyl (C=O) groups is 1. The van der Waals surface area contributed by atoms with E-state index in [2.05, 4.69) is 26.4 Å². The van der Waals surface area contributed by atoms with E-state index in [1.165, 1.54) is 4.88 Å². The van der Waals surface area contributed by atoms with Gasteiger partial charge in [-0.2, -0.15) is 4.98 Å². The molecule has 29 heavy (non-hydrogen) atoms. The van der Waals surface area contributed by atoms with E-state index < -0.39 is 0 Å². The van der Waals surface area contributed by atoms with Crippen LogP contribution in [-0.2, 0) is 19.5 Å². The first-order valence-electron chi connectivity index (χ1n) is 9.41. The number of hydrogen-bond acceptors (Lipinski definition) is 7. The topological polar surface area (TPSA) is 89.9 Å². The number of thiophene rings is 1. The maximum Gasteiger partial charge on any atom is 0.295 e. The second kappa shape index (κ2) is 7.25. The van der Waals surface area contributed by atoms with E-state index in [9.17, 15) is 4.79 Å². The van der Waals surface area contributed by atoms with Crippen molar-refractivity contribution in [3.05, 3.63) is 59.0 Å². The minimum atomic E-state index is -0.00964. The normalized spacial score (nSPS) is 13.5. The summed E-state index contributed by atoms with van der Waals surface area (Å²) in [4.78, 5) is 20.3. The van der Waals surface area contributed by atoms with E-state index in [-0.39, 0.29) is 5.91 Å². The molecule has 0 atom stereocenters. The second-order valence-corrected chi connectivity index (χ2v) is 7.69. The summed E-state index contributed by atoms with van der Waals surface area (Å²) in [5.41, 5.74) is 1.79. The quantitative estimate of drug-likeness (QED) is 0.517. The Balaban J connectivity index is 1.34. The standard InChI is InChI=1S/C20H18N6O2S/c1-2-16-21-19(28-24-16)18-23-22-17-12-25(9-10-26(17)18)20(27)14-7-5-13(6-8-14)15-4-3-11-29-15/h3-8,11H,2,9-10,12H2,1H3. The molecule has 0 fully saturated rings. The van der Waals surface area contributed by atoms with E-state index in [1.807, 2.05) is 47.2 Å². The molecule has 0 bridgehead atoms. The van der Waals surface area contributed by atoms with E-state index in [0.29, 0.717) is 55.0 Å². The molecule has 5 rings (SSSR count). The molecule has 0 radical (unpaired) electrons. The predicted molar refractivity (Wildman–Crippen MR) is 107 cm³/mol. The van der Waals surface area contributed by atoms with E-state index in [0.717, 1.165) is 5.56 Å². The number of nitrogens with zero attached hydrogens (tertiary/aromatic N) is 6. The second-order valence-electron chi connectivity index (χ2n) is 6.74. The molecule has 0 N–H and O–H groups in total. The van der Waals surface area contributed by atoms with Crippen LogP contribution in [0.5, 0.6) is 0 Å². The molecule has 0 spiro atoms. The molecule has 1 aliphatic heterocycles. The van der Waals surface area contributed by atoms with Crippen LogP contribution in [0, 0.1) is 0 Å². The number of fused-ring (bicyclic) bond motifs is 1. The molecule has 1 aromatic carbocycles. The Morgan fingerprint density at radius 3 is 2.76 bits per heavy atom. The molecule has 0 saturated heterocycles. The third-order valence-electron chi connectivity index (χ3n) is 4.95. The molecular formula is C20H18N6O2S. The number of carbonyl (C=O) groups excluding carboxylic acids is 1. The summed E-state index contributed by atoms with van der Waals surface area (Å²) in [6.45, 7) is 3.51. The highest BCUT2D eigenvalue weighted by Crippen LogP contribution is 2.26. The van der Waals surface area contributed by atoms with E-state index >= 15 is 0 Å². The van der Waals surface area contributed by atoms with Gasteiger partial charge in [0.1, 0.15) is 0 Å². The Morgan fingerprint density at radius 2 is 2.03 bits per heavy atom. The third-order valence-corrected chi connectivity index (χ3v) is 5.87.